The summed E-state index contributed by atoms with van der Waals surface area (Å²) in [5.74, 6) is -2.21. The van der Waals surface area contributed by atoms with Crippen LogP contribution < -0.4 is 4.73 Å². The van der Waals surface area contributed by atoms with Crippen LogP contribution in [0.1, 0.15) is 24.0 Å². The van der Waals surface area contributed by atoms with Crippen LogP contribution in [-0.4, -0.2) is 53.2 Å². The Bertz CT molecular complexity index is 1700. The average molecular weight is 612 g/mol. The first kappa shape index (κ1) is 28.9. The summed E-state index contributed by atoms with van der Waals surface area (Å²) >= 11 is 5.99. The zero-order chi connectivity index (χ0) is 30.0. The van der Waals surface area contributed by atoms with Crippen LogP contribution in [0.5, 0.6) is 0 Å². The van der Waals surface area contributed by atoms with Gasteiger partial charge in [-0.2, -0.15) is 36.5 Å². The zero-order valence-electron chi connectivity index (χ0n) is 20.8. The summed E-state index contributed by atoms with van der Waals surface area (Å²) in [4.78, 5) is 6.73. The van der Waals surface area contributed by atoms with Gasteiger partial charge in [0.25, 0.3) is 0 Å². The third kappa shape index (κ3) is 6.01. The molecular weight excluding hydrogens is 596 g/mol. The van der Waals surface area contributed by atoms with E-state index in [-0.39, 0.29) is 45.2 Å². The number of benzene rings is 1. The molecule has 1 atom stereocenters. The first-order valence-corrected chi connectivity index (χ1v) is 12.2. The highest BCUT2D eigenvalue weighted by Gasteiger charge is 2.35. The first-order chi connectivity index (χ1) is 20.0. The van der Waals surface area contributed by atoms with Gasteiger partial charge in [-0.15, -0.1) is 5.10 Å². The van der Waals surface area contributed by atoms with Crippen molar-refractivity contribution >= 4 is 11.6 Å². The maximum absolute atomic E-state index is 15.2. The highest BCUT2D eigenvalue weighted by atomic mass is 35.5. The van der Waals surface area contributed by atoms with Gasteiger partial charge in [0.2, 0.25) is 11.5 Å². The highest BCUT2D eigenvalue weighted by Crippen LogP contribution is 2.34. The molecule has 42 heavy (non-hydrogen) atoms. The molecular formula is C24H16ClF6N9O2. The number of halogens is 7. The predicted molar refractivity (Wildman–Crippen MR) is 131 cm³/mol. The molecule has 18 heteroatoms. The molecule has 0 fully saturated rings. The lowest BCUT2D eigenvalue weighted by molar-refractivity contribution is -0.615. The van der Waals surface area contributed by atoms with Gasteiger partial charge in [0, 0.05) is 30.4 Å². The molecule has 0 N–H and O–H groups in total. The minimum Gasteiger partial charge on any atom is -0.618 e. The van der Waals surface area contributed by atoms with Gasteiger partial charge in [0.1, 0.15) is 12.4 Å². The van der Waals surface area contributed by atoms with Crippen molar-refractivity contribution in [3.63, 3.8) is 0 Å². The number of alkyl halides is 5. The average Bonchev–Trinajstić information content (AvgIpc) is 3.66. The molecule has 0 amide bonds. The lowest BCUT2D eigenvalue weighted by Crippen LogP contribution is -2.36. The number of ether oxygens (including phenoxy) is 1. The van der Waals surface area contributed by atoms with Gasteiger partial charge in [-0.05, 0) is 34.7 Å². The number of hydrogen-bond donors (Lipinski definition) is 0. The number of rotatable bonds is 9. The molecule has 0 saturated carbocycles. The molecule has 0 aliphatic carbocycles. The topological polar surface area (TPSA) is 123 Å². The van der Waals surface area contributed by atoms with Crippen molar-refractivity contribution in [1.29, 1.82) is 0 Å². The van der Waals surface area contributed by atoms with E-state index in [0.29, 0.717) is 4.73 Å². The molecule has 0 bridgehead atoms. The Morgan fingerprint density at radius 3 is 2.60 bits per heavy atom. The van der Waals surface area contributed by atoms with E-state index >= 15 is 4.39 Å². The smallest absolute Gasteiger partial charge is 0.451 e. The van der Waals surface area contributed by atoms with Gasteiger partial charge < -0.3 is 9.94 Å². The summed E-state index contributed by atoms with van der Waals surface area (Å²) in [6, 6.07) is 5.67. The Kier molecular flexibility index (Phi) is 8.04. The lowest BCUT2D eigenvalue weighted by Gasteiger charge is -2.18. The first-order valence-electron chi connectivity index (χ1n) is 11.8. The molecule has 5 rings (SSSR count). The molecule has 0 saturated heterocycles. The summed E-state index contributed by atoms with van der Waals surface area (Å²) in [5.41, 5.74) is 0.192. The predicted octanol–water partition coefficient (Wildman–Crippen LogP) is 4.65. The molecule has 1 unspecified atom stereocenters. The van der Waals surface area contributed by atoms with Crippen LogP contribution in [0.25, 0.3) is 28.1 Å². The van der Waals surface area contributed by atoms with Gasteiger partial charge in [-0.1, -0.05) is 11.6 Å². The van der Waals surface area contributed by atoms with Crippen molar-refractivity contribution in [1.82, 2.24) is 40.0 Å². The lowest BCUT2D eigenvalue weighted by atomic mass is 10.0. The van der Waals surface area contributed by atoms with Crippen LogP contribution in [0.4, 0.5) is 26.3 Å². The van der Waals surface area contributed by atoms with E-state index in [1.165, 1.54) is 58.4 Å². The largest absolute Gasteiger partial charge is 0.618 e. The van der Waals surface area contributed by atoms with Crippen LogP contribution in [0, 0.1) is 11.0 Å². The molecule has 0 aliphatic rings. The second-order valence-electron chi connectivity index (χ2n) is 8.59. The van der Waals surface area contributed by atoms with E-state index in [0.717, 1.165) is 12.4 Å². The molecule has 1 aromatic carbocycles. The minimum atomic E-state index is -4.79. The van der Waals surface area contributed by atoms with E-state index in [4.69, 9.17) is 11.6 Å². The van der Waals surface area contributed by atoms with Crippen molar-refractivity contribution in [2.45, 2.75) is 25.3 Å². The Morgan fingerprint density at radius 2 is 1.90 bits per heavy atom. The van der Waals surface area contributed by atoms with Crippen LogP contribution in [0.3, 0.4) is 0 Å². The molecule has 0 radical (unpaired) electrons. The molecule has 5 aromatic rings. The molecule has 4 aromatic heterocycles. The molecule has 0 aliphatic heterocycles. The molecule has 4 heterocycles. The van der Waals surface area contributed by atoms with Crippen molar-refractivity contribution in [2.24, 2.45) is 0 Å². The van der Waals surface area contributed by atoms with Crippen molar-refractivity contribution in [3.8, 4) is 28.1 Å². The van der Waals surface area contributed by atoms with E-state index < -0.39 is 37.1 Å². The van der Waals surface area contributed by atoms with Crippen molar-refractivity contribution in [3.05, 3.63) is 89.0 Å². The van der Waals surface area contributed by atoms with Crippen LogP contribution in [0.15, 0.2) is 61.4 Å². The second kappa shape index (κ2) is 11.7. The van der Waals surface area contributed by atoms with Gasteiger partial charge in [0.05, 0.1) is 40.3 Å². The third-order valence-corrected chi connectivity index (χ3v) is 6.30. The summed E-state index contributed by atoms with van der Waals surface area (Å²) in [5, 5.41) is 28.0. The normalized spacial score (nSPS) is 12.7. The molecule has 0 spiro atoms. The molecule has 218 valence electrons. The number of pyridine rings is 1. The third-order valence-electron chi connectivity index (χ3n) is 6.00. The van der Waals surface area contributed by atoms with Crippen LogP contribution >= 0.6 is 11.6 Å². The SMILES string of the molecule is [O-][n+]1cc(-c2c(-n3cnnn3)ccc(Cl)c2F)ccc1C(CCOC(F)F)n1cc(-c2ccnc(C(F)(F)F)n2)cn1. The standard InChI is InChI=1S/C24H16ClF6N9O2/c25-15-2-4-19(39-12-33-36-37-39)20(21(15)26)13-1-3-18(40(41)11-13)17(6-8-42-23(27)28)38-10-14(9-34-38)16-5-7-32-22(35-16)24(29,30)31/h1-5,7,9-12,17,23H,6,8H2. The van der Waals surface area contributed by atoms with E-state index in [2.05, 4.69) is 35.3 Å². The van der Waals surface area contributed by atoms with Gasteiger partial charge in [0.15, 0.2) is 12.0 Å². The fourth-order valence-electron chi connectivity index (χ4n) is 4.16. The van der Waals surface area contributed by atoms with E-state index in [1.807, 2.05) is 0 Å². The Morgan fingerprint density at radius 1 is 1.10 bits per heavy atom. The second-order valence-corrected chi connectivity index (χ2v) is 8.99. The van der Waals surface area contributed by atoms with Gasteiger partial charge in [-0.3, -0.25) is 4.68 Å². The maximum atomic E-state index is 15.2. The van der Waals surface area contributed by atoms with E-state index in [1.54, 1.807) is 0 Å². The molecule has 11 nitrogen and oxygen atoms in total. The minimum absolute atomic E-state index is 0.0173. The summed E-state index contributed by atoms with van der Waals surface area (Å²) in [6.45, 7) is -3.59. The van der Waals surface area contributed by atoms with Crippen LogP contribution in [0.2, 0.25) is 5.02 Å². The maximum Gasteiger partial charge on any atom is 0.451 e. The van der Waals surface area contributed by atoms with Gasteiger partial charge >= 0.3 is 12.8 Å². The fourth-order valence-corrected chi connectivity index (χ4v) is 4.31. The number of nitrogens with zero attached hydrogens (tertiary/aromatic N) is 9. The Balaban J connectivity index is 1.54. The summed E-state index contributed by atoms with van der Waals surface area (Å²) in [6.07, 6.45) is 0.719. The number of tetrazole rings is 1. The Hall–Kier alpha value is -4.64. The number of hydrogen-bond acceptors (Lipinski definition) is 8. The zero-order valence-corrected chi connectivity index (χ0v) is 21.6. The quantitative estimate of drug-likeness (QED) is 0.134. The van der Waals surface area contributed by atoms with Gasteiger partial charge in [-0.25, -0.2) is 14.4 Å². The highest BCUT2D eigenvalue weighted by molar-refractivity contribution is 6.31. The summed E-state index contributed by atoms with van der Waals surface area (Å²) < 4.78 is 87.0. The number of aromatic nitrogens is 9. The summed E-state index contributed by atoms with van der Waals surface area (Å²) in [7, 11) is 0. The van der Waals surface area contributed by atoms with E-state index in [9.17, 15) is 27.2 Å². The van der Waals surface area contributed by atoms with Crippen LogP contribution in [-0.2, 0) is 10.9 Å². The van der Waals surface area contributed by atoms with Crippen molar-refractivity contribution < 1.29 is 35.8 Å². The Labute approximate surface area is 236 Å². The monoisotopic (exact) mass is 611 g/mol. The van der Waals surface area contributed by atoms with Crippen molar-refractivity contribution in [2.75, 3.05) is 6.61 Å². The fraction of sp³-hybridized carbons (Fsp3) is 0.208.